The normalized spacial score (nSPS) is 23.2. The summed E-state index contributed by atoms with van der Waals surface area (Å²) in [7, 11) is 0. The zero-order chi connectivity index (χ0) is 12.0. The molecule has 0 radical (unpaired) electrons. The van der Waals surface area contributed by atoms with Crippen molar-refractivity contribution in [2.75, 3.05) is 32.8 Å². The molecule has 1 heterocycles. The van der Waals surface area contributed by atoms with Gasteiger partial charge in [-0.15, -0.1) is 0 Å². The number of rotatable bonds is 6. The van der Waals surface area contributed by atoms with Crippen LogP contribution in [0.15, 0.2) is 0 Å². The lowest BCUT2D eigenvalue weighted by Gasteiger charge is -2.45. The molecule has 0 aromatic carbocycles. The number of hydrogen-bond donors (Lipinski definition) is 1. The van der Waals surface area contributed by atoms with Gasteiger partial charge in [-0.05, 0) is 26.7 Å². The monoisotopic (exact) mass is 228 g/mol. The fourth-order valence-corrected chi connectivity index (χ4v) is 2.48. The smallest absolute Gasteiger partial charge is 0.0619 e. The maximum absolute atomic E-state index is 5.52. The topological polar surface area (TPSA) is 24.5 Å². The van der Waals surface area contributed by atoms with E-state index in [2.05, 4.69) is 37.9 Å². The molecule has 1 atom stereocenters. The van der Waals surface area contributed by atoms with Gasteiger partial charge in [0.05, 0.1) is 6.61 Å². The molecular weight excluding hydrogens is 200 g/mol. The molecule has 1 unspecified atom stereocenters. The van der Waals surface area contributed by atoms with E-state index in [0.29, 0.717) is 11.6 Å². The summed E-state index contributed by atoms with van der Waals surface area (Å²) in [5, 5.41) is 3.69. The first-order chi connectivity index (χ1) is 7.67. The second kappa shape index (κ2) is 6.58. The predicted molar refractivity (Wildman–Crippen MR) is 68.8 cm³/mol. The van der Waals surface area contributed by atoms with E-state index >= 15 is 0 Å². The minimum absolute atomic E-state index is 0.332. The number of nitrogens with zero attached hydrogens (tertiary/aromatic N) is 1. The van der Waals surface area contributed by atoms with Gasteiger partial charge in [0.25, 0.3) is 0 Å². The summed E-state index contributed by atoms with van der Waals surface area (Å²) in [5.41, 5.74) is 0.332. The van der Waals surface area contributed by atoms with Gasteiger partial charge in [0.1, 0.15) is 0 Å². The molecule has 1 saturated heterocycles. The van der Waals surface area contributed by atoms with Gasteiger partial charge in [0.2, 0.25) is 0 Å². The van der Waals surface area contributed by atoms with Crippen molar-refractivity contribution in [1.29, 1.82) is 0 Å². The molecule has 0 aromatic rings. The minimum Gasteiger partial charge on any atom is -0.380 e. The molecule has 0 amide bonds. The quantitative estimate of drug-likeness (QED) is 0.751. The number of piperazine rings is 1. The predicted octanol–water partition coefficient (Wildman–Crippen LogP) is 1.88. The lowest BCUT2D eigenvalue weighted by molar-refractivity contribution is 0.0361. The van der Waals surface area contributed by atoms with Gasteiger partial charge in [-0.2, -0.15) is 0 Å². The van der Waals surface area contributed by atoms with E-state index in [1.54, 1.807) is 0 Å². The van der Waals surface area contributed by atoms with Crippen LogP contribution in [0.25, 0.3) is 0 Å². The maximum atomic E-state index is 5.52. The Labute approximate surface area is 101 Å². The largest absolute Gasteiger partial charge is 0.380 e. The summed E-state index contributed by atoms with van der Waals surface area (Å²) < 4.78 is 5.52. The molecule has 0 bridgehead atoms. The van der Waals surface area contributed by atoms with Crippen LogP contribution in [0.3, 0.4) is 0 Å². The van der Waals surface area contributed by atoms with Crippen LogP contribution in [0.1, 0.15) is 40.5 Å². The Kier molecular flexibility index (Phi) is 5.73. The average Bonchev–Trinajstić information content (AvgIpc) is 2.35. The van der Waals surface area contributed by atoms with Crippen molar-refractivity contribution in [1.82, 2.24) is 10.2 Å². The van der Waals surface area contributed by atoms with E-state index in [0.717, 1.165) is 32.8 Å². The fourth-order valence-electron chi connectivity index (χ4n) is 2.48. The Morgan fingerprint density at radius 2 is 2.00 bits per heavy atom. The Bertz CT molecular complexity index is 192. The Morgan fingerprint density at radius 1 is 1.31 bits per heavy atom. The summed E-state index contributed by atoms with van der Waals surface area (Å²) in [6.45, 7) is 14.0. The standard InChI is InChI=1S/C13H28N2O/c1-5-13(6-2)11-15(9-8-14-13)12(4)10-16-7-3/h12,14H,5-11H2,1-4H3. The molecule has 1 aliphatic heterocycles. The first-order valence-corrected chi connectivity index (χ1v) is 6.74. The van der Waals surface area contributed by atoms with Crippen LogP contribution < -0.4 is 5.32 Å². The summed E-state index contributed by atoms with van der Waals surface area (Å²) in [5.74, 6) is 0. The third kappa shape index (κ3) is 3.44. The Morgan fingerprint density at radius 3 is 2.56 bits per heavy atom. The zero-order valence-corrected chi connectivity index (χ0v) is 11.4. The van der Waals surface area contributed by atoms with Gasteiger partial charge in [-0.1, -0.05) is 13.8 Å². The van der Waals surface area contributed by atoms with Crippen LogP contribution in [0.4, 0.5) is 0 Å². The third-order valence-electron chi connectivity index (χ3n) is 3.94. The molecule has 0 aliphatic carbocycles. The number of nitrogens with one attached hydrogen (secondary N) is 1. The first-order valence-electron chi connectivity index (χ1n) is 6.74. The summed E-state index contributed by atoms with van der Waals surface area (Å²) in [6.07, 6.45) is 2.42. The third-order valence-corrected chi connectivity index (χ3v) is 3.94. The lowest BCUT2D eigenvalue weighted by Crippen LogP contribution is -2.61. The SMILES string of the molecule is CCOCC(C)N1CCNC(CC)(CC)C1. The van der Waals surface area contributed by atoms with E-state index < -0.39 is 0 Å². The molecule has 0 saturated carbocycles. The molecule has 96 valence electrons. The number of hydrogen-bond acceptors (Lipinski definition) is 3. The van der Waals surface area contributed by atoms with Crippen LogP contribution in [-0.2, 0) is 4.74 Å². The van der Waals surface area contributed by atoms with Gasteiger partial charge >= 0.3 is 0 Å². The Balaban J connectivity index is 2.48. The van der Waals surface area contributed by atoms with Crippen LogP contribution in [-0.4, -0.2) is 49.3 Å². The average molecular weight is 228 g/mol. The van der Waals surface area contributed by atoms with Gasteiger partial charge in [-0.3, -0.25) is 4.90 Å². The minimum atomic E-state index is 0.332. The van der Waals surface area contributed by atoms with Crippen molar-refractivity contribution >= 4 is 0 Å². The molecule has 1 aliphatic rings. The van der Waals surface area contributed by atoms with Crippen molar-refractivity contribution in [2.24, 2.45) is 0 Å². The molecule has 0 spiro atoms. The summed E-state index contributed by atoms with van der Waals surface area (Å²) in [4.78, 5) is 2.57. The second-order valence-corrected chi connectivity index (χ2v) is 4.89. The molecule has 1 N–H and O–H groups in total. The van der Waals surface area contributed by atoms with Crippen LogP contribution in [0.2, 0.25) is 0 Å². The van der Waals surface area contributed by atoms with Crippen LogP contribution in [0.5, 0.6) is 0 Å². The van der Waals surface area contributed by atoms with Gasteiger partial charge < -0.3 is 10.1 Å². The zero-order valence-electron chi connectivity index (χ0n) is 11.4. The van der Waals surface area contributed by atoms with Crippen molar-refractivity contribution in [3.8, 4) is 0 Å². The fraction of sp³-hybridized carbons (Fsp3) is 1.00. The first kappa shape index (κ1) is 13.9. The molecular formula is C13H28N2O. The lowest BCUT2D eigenvalue weighted by atomic mass is 9.89. The van der Waals surface area contributed by atoms with E-state index in [1.807, 2.05) is 0 Å². The van der Waals surface area contributed by atoms with Gasteiger partial charge in [0.15, 0.2) is 0 Å². The summed E-state index contributed by atoms with van der Waals surface area (Å²) in [6, 6.07) is 0.541. The van der Waals surface area contributed by atoms with Crippen molar-refractivity contribution in [3.05, 3.63) is 0 Å². The maximum Gasteiger partial charge on any atom is 0.0619 e. The molecule has 16 heavy (non-hydrogen) atoms. The van der Waals surface area contributed by atoms with Crippen LogP contribution in [0, 0.1) is 0 Å². The highest BCUT2D eigenvalue weighted by Gasteiger charge is 2.33. The number of ether oxygens (including phenoxy) is 1. The molecule has 0 aromatic heterocycles. The Hall–Kier alpha value is -0.120. The molecule has 1 rings (SSSR count). The van der Waals surface area contributed by atoms with E-state index in [4.69, 9.17) is 4.74 Å². The highest BCUT2D eigenvalue weighted by Crippen LogP contribution is 2.21. The van der Waals surface area contributed by atoms with Crippen molar-refractivity contribution < 1.29 is 4.74 Å². The van der Waals surface area contributed by atoms with E-state index in [9.17, 15) is 0 Å². The van der Waals surface area contributed by atoms with E-state index in [-0.39, 0.29) is 0 Å². The molecule has 3 heteroatoms. The van der Waals surface area contributed by atoms with Crippen molar-refractivity contribution in [3.63, 3.8) is 0 Å². The molecule has 3 nitrogen and oxygen atoms in total. The van der Waals surface area contributed by atoms with E-state index in [1.165, 1.54) is 12.8 Å². The van der Waals surface area contributed by atoms with Crippen molar-refractivity contribution in [2.45, 2.75) is 52.1 Å². The highest BCUT2D eigenvalue weighted by molar-refractivity contribution is 4.93. The molecule has 1 fully saturated rings. The van der Waals surface area contributed by atoms with Gasteiger partial charge in [-0.25, -0.2) is 0 Å². The summed E-state index contributed by atoms with van der Waals surface area (Å²) >= 11 is 0. The van der Waals surface area contributed by atoms with Crippen LogP contribution >= 0.6 is 0 Å². The highest BCUT2D eigenvalue weighted by atomic mass is 16.5. The second-order valence-electron chi connectivity index (χ2n) is 4.89. The van der Waals surface area contributed by atoms with Gasteiger partial charge in [0, 0.05) is 37.8 Å².